The lowest BCUT2D eigenvalue weighted by Gasteiger charge is -2.22. The van der Waals surface area contributed by atoms with Crippen LogP contribution in [0.15, 0.2) is 53.6 Å². The number of carbonyl (C=O) groups excluding carboxylic acids is 1. The Hall–Kier alpha value is -3.06. The van der Waals surface area contributed by atoms with E-state index in [1.807, 2.05) is 43.5 Å². The molecule has 0 saturated carbocycles. The first-order chi connectivity index (χ1) is 15.4. The molecule has 1 unspecified atom stereocenters. The first-order valence-electron chi connectivity index (χ1n) is 10.5. The van der Waals surface area contributed by atoms with E-state index >= 15 is 0 Å². The van der Waals surface area contributed by atoms with Crippen LogP contribution in [0.1, 0.15) is 34.1 Å². The van der Waals surface area contributed by atoms with Crippen LogP contribution < -0.4 is 4.74 Å². The summed E-state index contributed by atoms with van der Waals surface area (Å²) in [7, 11) is -1.46. The van der Waals surface area contributed by atoms with Crippen LogP contribution in [0, 0.1) is 12.7 Å². The average molecular weight is 453 g/mol. The molecule has 2 aromatic carbocycles. The number of carbonyl (C=O) groups is 1. The third kappa shape index (κ3) is 4.30. The number of pyridine rings is 1. The number of aryl methyl sites for hydroxylation is 1. The van der Waals surface area contributed by atoms with Crippen LogP contribution in [0.5, 0.6) is 5.75 Å². The topological polar surface area (TPSA) is 59.5 Å². The van der Waals surface area contributed by atoms with Crippen LogP contribution in [0.4, 0.5) is 4.39 Å². The number of hydrogen-bond acceptors (Lipinski definition) is 4. The highest BCUT2D eigenvalue weighted by atomic mass is 32.2. The van der Waals surface area contributed by atoms with Crippen molar-refractivity contribution < 1.29 is 18.1 Å². The lowest BCUT2D eigenvalue weighted by molar-refractivity contribution is 0.0731. The quantitative estimate of drug-likeness (QED) is 0.584. The van der Waals surface area contributed by atoms with Gasteiger partial charge in [0.2, 0.25) is 0 Å². The maximum absolute atomic E-state index is 14.9. The summed E-state index contributed by atoms with van der Waals surface area (Å²) in [6.45, 7) is 4.83. The van der Waals surface area contributed by atoms with E-state index in [9.17, 15) is 13.4 Å². The van der Waals surface area contributed by atoms with E-state index in [2.05, 4.69) is 4.98 Å². The largest absolute Gasteiger partial charge is 0.491 e. The van der Waals surface area contributed by atoms with Gasteiger partial charge < -0.3 is 9.64 Å². The Labute approximate surface area is 189 Å². The Morgan fingerprint density at radius 3 is 2.66 bits per heavy atom. The highest BCUT2D eigenvalue weighted by molar-refractivity contribution is 7.84. The zero-order chi connectivity index (χ0) is 22.8. The fourth-order valence-electron chi connectivity index (χ4n) is 3.92. The second-order valence-corrected chi connectivity index (χ2v) is 9.15. The maximum Gasteiger partial charge on any atom is 0.254 e. The third-order valence-electron chi connectivity index (χ3n) is 5.67. The molecule has 0 fully saturated rings. The van der Waals surface area contributed by atoms with Crippen LogP contribution >= 0.6 is 0 Å². The van der Waals surface area contributed by atoms with Crippen molar-refractivity contribution in [1.29, 1.82) is 0 Å². The molecule has 0 aliphatic carbocycles. The fourth-order valence-corrected chi connectivity index (χ4v) is 4.56. The number of rotatable bonds is 4. The molecule has 1 atom stereocenters. The molecular formula is C25H25FN2O3S. The minimum atomic E-state index is -1.46. The van der Waals surface area contributed by atoms with Crippen LogP contribution in [-0.4, -0.2) is 39.4 Å². The Bertz CT molecular complexity index is 1190. The first kappa shape index (κ1) is 22.1. The van der Waals surface area contributed by atoms with Crippen LogP contribution in [0.3, 0.4) is 0 Å². The molecule has 1 aliphatic heterocycles. The lowest BCUT2D eigenvalue weighted by atomic mass is 10.0. The van der Waals surface area contributed by atoms with Gasteiger partial charge in [0.05, 0.1) is 22.2 Å². The molecule has 0 spiro atoms. The smallest absolute Gasteiger partial charge is 0.254 e. The lowest BCUT2D eigenvalue weighted by Crippen LogP contribution is -2.33. The molecule has 0 saturated heterocycles. The van der Waals surface area contributed by atoms with E-state index in [4.69, 9.17) is 4.74 Å². The number of ether oxygens (including phenoxy) is 1. The van der Waals surface area contributed by atoms with Gasteiger partial charge in [-0.25, -0.2) is 4.39 Å². The van der Waals surface area contributed by atoms with Crippen LogP contribution in [-0.2, 0) is 23.8 Å². The van der Waals surface area contributed by atoms with E-state index in [1.165, 1.54) is 12.3 Å². The number of fused-ring (bicyclic) bond motifs is 1. The summed E-state index contributed by atoms with van der Waals surface area (Å²) in [5.41, 5.74) is 4.41. The van der Waals surface area contributed by atoms with Gasteiger partial charge in [0.15, 0.2) is 0 Å². The van der Waals surface area contributed by atoms with Crippen molar-refractivity contribution in [3.63, 3.8) is 0 Å². The van der Waals surface area contributed by atoms with Gasteiger partial charge in [0.1, 0.15) is 18.2 Å². The van der Waals surface area contributed by atoms with E-state index in [-0.39, 0.29) is 10.8 Å². The van der Waals surface area contributed by atoms with Crippen molar-refractivity contribution >= 4 is 16.7 Å². The normalized spacial score (nSPS) is 14.3. The van der Waals surface area contributed by atoms with Crippen molar-refractivity contribution in [2.24, 2.45) is 0 Å². The van der Waals surface area contributed by atoms with Gasteiger partial charge >= 0.3 is 0 Å². The predicted octanol–water partition coefficient (Wildman–Crippen LogP) is 4.53. The molecule has 166 valence electrons. The van der Waals surface area contributed by atoms with E-state index in [0.29, 0.717) is 37.2 Å². The summed E-state index contributed by atoms with van der Waals surface area (Å²) < 4.78 is 32.6. The number of amides is 1. The zero-order valence-electron chi connectivity index (χ0n) is 18.4. The molecule has 3 aromatic rings. The molecule has 2 heterocycles. The molecule has 32 heavy (non-hydrogen) atoms. The molecule has 5 nitrogen and oxygen atoms in total. The van der Waals surface area contributed by atoms with Gasteiger partial charge in [-0.2, -0.15) is 0 Å². The Morgan fingerprint density at radius 2 is 1.97 bits per heavy atom. The van der Waals surface area contributed by atoms with Gasteiger partial charge in [0, 0.05) is 46.9 Å². The van der Waals surface area contributed by atoms with Crippen molar-refractivity contribution in [2.75, 3.05) is 19.4 Å². The second kappa shape index (κ2) is 9.20. The highest BCUT2D eigenvalue weighted by Crippen LogP contribution is 2.30. The molecule has 7 heteroatoms. The number of hydrogen-bond donors (Lipinski definition) is 0. The van der Waals surface area contributed by atoms with Crippen LogP contribution in [0.2, 0.25) is 0 Å². The molecule has 0 N–H and O–H groups in total. The van der Waals surface area contributed by atoms with Crippen molar-refractivity contribution in [1.82, 2.24) is 9.88 Å². The molecule has 4 rings (SSSR count). The zero-order valence-corrected chi connectivity index (χ0v) is 19.2. The van der Waals surface area contributed by atoms with Gasteiger partial charge in [-0.15, -0.1) is 0 Å². The highest BCUT2D eigenvalue weighted by Gasteiger charge is 2.25. The number of halogens is 1. The van der Waals surface area contributed by atoms with Crippen molar-refractivity contribution in [3.8, 4) is 16.9 Å². The SMILES string of the molecule is CCc1c(C(=O)N2CCOc3ccc(-c4ccc(C)nc4)cc3C2)ccc(S(C)=O)c1F. The summed E-state index contributed by atoms with van der Waals surface area (Å²) in [5.74, 6) is -0.0735. The molecule has 1 aliphatic rings. The van der Waals surface area contributed by atoms with E-state index in [1.54, 1.807) is 17.9 Å². The fraction of sp³-hybridized carbons (Fsp3) is 0.280. The first-order valence-corrected chi connectivity index (χ1v) is 12.1. The monoisotopic (exact) mass is 452 g/mol. The second-order valence-electron chi connectivity index (χ2n) is 7.80. The van der Waals surface area contributed by atoms with Crippen molar-refractivity contribution in [3.05, 3.63) is 76.9 Å². The molecule has 1 amide bonds. The van der Waals surface area contributed by atoms with E-state index < -0.39 is 16.6 Å². The summed E-state index contributed by atoms with van der Waals surface area (Å²) in [5, 5.41) is 0. The number of benzene rings is 2. The molecule has 1 aromatic heterocycles. The molecule has 0 radical (unpaired) electrons. The minimum Gasteiger partial charge on any atom is -0.491 e. The number of nitrogens with zero attached hydrogens (tertiary/aromatic N) is 2. The minimum absolute atomic E-state index is 0.124. The summed E-state index contributed by atoms with van der Waals surface area (Å²) in [6, 6.07) is 12.9. The van der Waals surface area contributed by atoms with Crippen molar-refractivity contribution in [2.45, 2.75) is 31.7 Å². The third-order valence-corrected chi connectivity index (χ3v) is 6.61. The average Bonchev–Trinajstić information content (AvgIpc) is 3.00. The Balaban J connectivity index is 1.66. The standard InChI is InChI=1S/C25H25FN2O3S/c1-4-20-21(8-10-23(24(20)26)32(3)30)25(29)28-11-12-31-22-9-7-17(13-19(22)15-28)18-6-5-16(2)27-14-18/h5-10,13-14H,4,11-12,15H2,1-3H3. The van der Waals surface area contributed by atoms with Crippen LogP contribution in [0.25, 0.3) is 11.1 Å². The summed E-state index contributed by atoms with van der Waals surface area (Å²) in [4.78, 5) is 19.6. The predicted molar refractivity (Wildman–Crippen MR) is 123 cm³/mol. The Morgan fingerprint density at radius 1 is 1.19 bits per heavy atom. The maximum atomic E-state index is 14.9. The van der Waals surface area contributed by atoms with Gasteiger partial charge in [-0.05, 0) is 49.2 Å². The summed E-state index contributed by atoms with van der Waals surface area (Å²) >= 11 is 0. The van der Waals surface area contributed by atoms with Gasteiger partial charge in [0.25, 0.3) is 5.91 Å². The van der Waals surface area contributed by atoms with Gasteiger partial charge in [-0.3, -0.25) is 14.0 Å². The number of aromatic nitrogens is 1. The van der Waals surface area contributed by atoms with Gasteiger partial charge in [-0.1, -0.05) is 19.1 Å². The Kier molecular flexibility index (Phi) is 6.37. The van der Waals surface area contributed by atoms with E-state index in [0.717, 1.165) is 28.1 Å². The molecule has 0 bridgehead atoms. The molecular weight excluding hydrogens is 427 g/mol. The summed E-state index contributed by atoms with van der Waals surface area (Å²) in [6.07, 6.45) is 3.60.